The molecule has 14 heavy (non-hydrogen) atoms. The number of aliphatic hydroxyl groups excluding tert-OH is 1. The van der Waals surface area contributed by atoms with Crippen molar-refractivity contribution in [1.29, 1.82) is 0 Å². The second kappa shape index (κ2) is 4.69. The first kappa shape index (κ1) is 10.6. The van der Waals surface area contributed by atoms with Crippen LogP contribution in [0.5, 0.6) is 0 Å². The van der Waals surface area contributed by atoms with Crippen LogP contribution in [-0.4, -0.2) is 16.6 Å². The molecule has 1 aromatic carbocycles. The van der Waals surface area contributed by atoms with Crippen molar-refractivity contribution in [3.8, 4) is 0 Å². The van der Waals surface area contributed by atoms with Crippen LogP contribution in [0, 0.1) is 10.1 Å². The molecule has 0 aromatic heterocycles. The van der Waals surface area contributed by atoms with Crippen molar-refractivity contribution >= 4 is 5.69 Å². The van der Waals surface area contributed by atoms with Gasteiger partial charge in [0.05, 0.1) is 4.92 Å². The lowest BCUT2D eigenvalue weighted by atomic mass is 10.2. The predicted molar refractivity (Wildman–Crippen MR) is 49.7 cm³/mol. The Hall–Kier alpha value is -1.46. The zero-order chi connectivity index (χ0) is 10.6. The molecule has 1 unspecified atom stereocenters. The molecular weight excluding hydrogens is 186 g/mol. The van der Waals surface area contributed by atoms with Crippen LogP contribution in [0.25, 0.3) is 0 Å². The van der Waals surface area contributed by atoms with Crippen LogP contribution in [0.15, 0.2) is 24.3 Å². The summed E-state index contributed by atoms with van der Waals surface area (Å²) in [6.45, 7) is 2.09. The smallest absolute Gasteiger partial charge is 0.269 e. The topological polar surface area (TPSA) is 72.6 Å². The normalized spacial score (nSPS) is 12.4. The van der Waals surface area contributed by atoms with Gasteiger partial charge in [-0.2, -0.15) is 0 Å². The van der Waals surface area contributed by atoms with Crippen LogP contribution in [0.2, 0.25) is 0 Å². The van der Waals surface area contributed by atoms with E-state index in [1.165, 1.54) is 18.2 Å². The molecule has 1 rings (SSSR count). The summed E-state index contributed by atoms with van der Waals surface area (Å²) < 4.78 is 4.90. The van der Waals surface area contributed by atoms with Crippen molar-refractivity contribution in [2.24, 2.45) is 0 Å². The van der Waals surface area contributed by atoms with E-state index in [0.29, 0.717) is 12.2 Å². The average Bonchev–Trinajstić information content (AvgIpc) is 2.18. The minimum Gasteiger partial charge on any atom is -0.364 e. The van der Waals surface area contributed by atoms with Crippen molar-refractivity contribution in [2.45, 2.75) is 13.2 Å². The first-order valence-corrected chi connectivity index (χ1v) is 4.19. The van der Waals surface area contributed by atoms with Crippen LogP contribution in [0.1, 0.15) is 18.8 Å². The minimum atomic E-state index is -1.10. The molecule has 0 amide bonds. The third-order valence-electron chi connectivity index (χ3n) is 1.69. The number of nitro groups is 1. The van der Waals surface area contributed by atoms with Crippen LogP contribution < -0.4 is 0 Å². The van der Waals surface area contributed by atoms with Crippen molar-refractivity contribution in [3.63, 3.8) is 0 Å². The average molecular weight is 197 g/mol. The molecule has 1 N–H and O–H groups in total. The van der Waals surface area contributed by atoms with Gasteiger partial charge in [0, 0.05) is 24.3 Å². The van der Waals surface area contributed by atoms with E-state index in [1.54, 1.807) is 13.0 Å². The quantitative estimate of drug-likeness (QED) is 0.452. The van der Waals surface area contributed by atoms with E-state index in [1.807, 2.05) is 0 Å². The largest absolute Gasteiger partial charge is 0.364 e. The number of rotatable bonds is 4. The molecule has 5 nitrogen and oxygen atoms in total. The molecule has 0 aliphatic rings. The van der Waals surface area contributed by atoms with Crippen LogP contribution in [-0.2, 0) is 4.74 Å². The standard InChI is InChI=1S/C9H11NO4/c1-2-14-9(11)7-4-3-5-8(6-7)10(12)13/h3-6,9,11H,2H2,1H3. The minimum absolute atomic E-state index is 0.0544. The summed E-state index contributed by atoms with van der Waals surface area (Å²) in [7, 11) is 0. The van der Waals surface area contributed by atoms with Gasteiger partial charge in [-0.15, -0.1) is 0 Å². The maximum absolute atomic E-state index is 10.4. The van der Waals surface area contributed by atoms with Gasteiger partial charge < -0.3 is 9.84 Å². The molecule has 1 atom stereocenters. The fourth-order valence-corrected chi connectivity index (χ4v) is 1.05. The lowest BCUT2D eigenvalue weighted by molar-refractivity contribution is -0.385. The molecule has 5 heteroatoms. The summed E-state index contributed by atoms with van der Waals surface area (Å²) in [5.74, 6) is 0. The molecule has 0 spiro atoms. The maximum Gasteiger partial charge on any atom is 0.269 e. The van der Waals surface area contributed by atoms with Crippen molar-refractivity contribution in [3.05, 3.63) is 39.9 Å². The number of hydrogen-bond donors (Lipinski definition) is 1. The molecule has 0 saturated heterocycles. The van der Waals surface area contributed by atoms with E-state index in [0.717, 1.165) is 0 Å². The van der Waals surface area contributed by atoms with Crippen molar-refractivity contribution < 1.29 is 14.8 Å². The Bertz CT molecular complexity index is 326. The summed E-state index contributed by atoms with van der Waals surface area (Å²) in [4.78, 5) is 9.90. The van der Waals surface area contributed by atoms with Gasteiger partial charge in [0.25, 0.3) is 5.69 Å². The Morgan fingerprint density at radius 2 is 2.36 bits per heavy atom. The predicted octanol–water partition coefficient (Wildman–Crippen LogP) is 1.62. The lowest BCUT2D eigenvalue weighted by Gasteiger charge is -2.09. The number of benzene rings is 1. The number of nitrogens with zero attached hydrogens (tertiary/aromatic N) is 1. The van der Waals surface area contributed by atoms with Gasteiger partial charge in [0.15, 0.2) is 6.29 Å². The molecule has 1 aromatic rings. The van der Waals surface area contributed by atoms with Gasteiger partial charge in [0.1, 0.15) is 0 Å². The number of nitro benzene ring substituents is 1. The molecule has 0 fully saturated rings. The Morgan fingerprint density at radius 1 is 1.64 bits per heavy atom. The summed E-state index contributed by atoms with van der Waals surface area (Å²) in [6.07, 6.45) is -1.10. The zero-order valence-electron chi connectivity index (χ0n) is 7.71. The first-order valence-electron chi connectivity index (χ1n) is 4.19. The lowest BCUT2D eigenvalue weighted by Crippen LogP contribution is -2.03. The third kappa shape index (κ3) is 2.51. The molecule has 0 saturated carbocycles. The van der Waals surface area contributed by atoms with Crippen LogP contribution in [0.3, 0.4) is 0 Å². The van der Waals surface area contributed by atoms with E-state index in [9.17, 15) is 15.2 Å². The van der Waals surface area contributed by atoms with E-state index in [4.69, 9.17) is 4.74 Å². The van der Waals surface area contributed by atoms with Gasteiger partial charge in [0.2, 0.25) is 0 Å². The third-order valence-corrected chi connectivity index (χ3v) is 1.69. The monoisotopic (exact) mass is 197 g/mol. The summed E-state index contributed by atoms with van der Waals surface area (Å²) >= 11 is 0. The highest BCUT2D eigenvalue weighted by Crippen LogP contribution is 2.19. The fourth-order valence-electron chi connectivity index (χ4n) is 1.05. The Kier molecular flexibility index (Phi) is 3.55. The SMILES string of the molecule is CCOC(O)c1cccc([N+](=O)[O-])c1. The molecule has 0 aliphatic heterocycles. The van der Waals surface area contributed by atoms with Gasteiger partial charge in [-0.1, -0.05) is 12.1 Å². The maximum atomic E-state index is 10.4. The highest BCUT2D eigenvalue weighted by molar-refractivity contribution is 5.34. The number of aliphatic hydroxyl groups is 1. The second-order valence-corrected chi connectivity index (χ2v) is 2.66. The zero-order valence-corrected chi connectivity index (χ0v) is 7.71. The van der Waals surface area contributed by atoms with Gasteiger partial charge in [-0.05, 0) is 6.92 Å². The van der Waals surface area contributed by atoms with Crippen LogP contribution >= 0.6 is 0 Å². The molecule has 76 valence electrons. The highest BCUT2D eigenvalue weighted by Gasteiger charge is 2.11. The van der Waals surface area contributed by atoms with E-state index in [2.05, 4.69) is 0 Å². The molecule has 0 heterocycles. The fraction of sp³-hybridized carbons (Fsp3) is 0.333. The molecule has 0 aliphatic carbocycles. The summed E-state index contributed by atoms with van der Waals surface area (Å²) in [6, 6.07) is 5.74. The van der Waals surface area contributed by atoms with E-state index in [-0.39, 0.29) is 5.69 Å². The molecular formula is C9H11NO4. The van der Waals surface area contributed by atoms with E-state index < -0.39 is 11.2 Å². The van der Waals surface area contributed by atoms with Gasteiger partial charge in [-0.3, -0.25) is 10.1 Å². The van der Waals surface area contributed by atoms with Crippen LogP contribution in [0.4, 0.5) is 5.69 Å². The van der Waals surface area contributed by atoms with Gasteiger partial charge in [-0.25, -0.2) is 0 Å². The highest BCUT2D eigenvalue weighted by atomic mass is 16.6. The van der Waals surface area contributed by atoms with E-state index >= 15 is 0 Å². The van der Waals surface area contributed by atoms with Gasteiger partial charge >= 0.3 is 0 Å². The Labute approximate surface area is 81.1 Å². The Balaban J connectivity index is 2.87. The number of ether oxygens (including phenoxy) is 1. The second-order valence-electron chi connectivity index (χ2n) is 2.66. The first-order chi connectivity index (χ1) is 6.65. The summed E-state index contributed by atoms with van der Waals surface area (Å²) in [5, 5.41) is 19.8. The molecule has 0 bridgehead atoms. The van der Waals surface area contributed by atoms with Crippen molar-refractivity contribution in [1.82, 2.24) is 0 Å². The summed E-state index contributed by atoms with van der Waals surface area (Å²) in [5.41, 5.74) is 0.335. The number of hydrogen-bond acceptors (Lipinski definition) is 4. The Morgan fingerprint density at radius 3 is 2.93 bits per heavy atom. The van der Waals surface area contributed by atoms with Crippen molar-refractivity contribution in [2.75, 3.05) is 6.61 Å². The number of non-ortho nitro benzene ring substituents is 1. The molecule has 0 radical (unpaired) electrons.